The number of hydrogen-bond acceptors (Lipinski definition) is 4. The van der Waals surface area contributed by atoms with Gasteiger partial charge in [0.15, 0.2) is 0 Å². The number of nitrogens with zero attached hydrogens (tertiary/aromatic N) is 1. The van der Waals surface area contributed by atoms with Crippen molar-refractivity contribution < 1.29 is 22.3 Å². The summed E-state index contributed by atoms with van der Waals surface area (Å²) in [4.78, 5) is 12.7. The zero-order valence-corrected chi connectivity index (χ0v) is 19.8. The number of anilines is 1. The van der Waals surface area contributed by atoms with Crippen LogP contribution in [0.15, 0.2) is 71.6 Å². The third kappa shape index (κ3) is 6.31. The molecule has 33 heavy (non-hydrogen) atoms. The summed E-state index contributed by atoms with van der Waals surface area (Å²) in [7, 11) is -2.69. The average Bonchev–Trinajstić information content (AvgIpc) is 2.79. The van der Waals surface area contributed by atoms with E-state index in [0.717, 1.165) is 21.5 Å². The third-order valence-electron chi connectivity index (χ3n) is 4.95. The number of halogens is 2. The average molecular weight is 491 g/mol. The van der Waals surface area contributed by atoms with E-state index >= 15 is 0 Å². The zero-order valence-electron chi connectivity index (χ0n) is 18.2. The van der Waals surface area contributed by atoms with Crippen LogP contribution in [0.3, 0.4) is 0 Å². The largest absolute Gasteiger partial charge is 0.495 e. The molecule has 1 N–H and O–H groups in total. The summed E-state index contributed by atoms with van der Waals surface area (Å²) < 4.78 is 46.9. The Balaban J connectivity index is 1.89. The van der Waals surface area contributed by atoms with Gasteiger partial charge in [0.25, 0.3) is 0 Å². The van der Waals surface area contributed by atoms with Gasteiger partial charge in [-0.1, -0.05) is 48.0 Å². The van der Waals surface area contributed by atoms with Gasteiger partial charge >= 0.3 is 0 Å². The summed E-state index contributed by atoms with van der Waals surface area (Å²) in [6, 6.07) is 18.0. The lowest BCUT2D eigenvalue weighted by Crippen LogP contribution is -2.39. The summed E-state index contributed by atoms with van der Waals surface area (Å²) in [5.41, 5.74) is 1.93. The van der Waals surface area contributed by atoms with Gasteiger partial charge in [0, 0.05) is 12.2 Å². The van der Waals surface area contributed by atoms with E-state index in [1.165, 1.54) is 25.3 Å². The van der Waals surface area contributed by atoms with E-state index in [-0.39, 0.29) is 27.9 Å². The highest BCUT2D eigenvalue weighted by Crippen LogP contribution is 2.28. The fraction of sp³-hybridized carbons (Fsp3) is 0.208. The molecule has 0 heterocycles. The summed E-state index contributed by atoms with van der Waals surface area (Å²) in [5, 5.41) is 2.43. The lowest BCUT2D eigenvalue weighted by atomic mass is 10.1. The van der Waals surface area contributed by atoms with Crippen molar-refractivity contribution in [3.63, 3.8) is 0 Å². The van der Waals surface area contributed by atoms with Crippen LogP contribution in [0.5, 0.6) is 5.75 Å². The number of sulfonamides is 1. The van der Waals surface area contributed by atoms with E-state index in [2.05, 4.69) is 5.32 Å². The van der Waals surface area contributed by atoms with Gasteiger partial charge in [0.05, 0.1) is 18.7 Å². The van der Waals surface area contributed by atoms with Crippen molar-refractivity contribution in [2.75, 3.05) is 25.5 Å². The van der Waals surface area contributed by atoms with Crippen molar-refractivity contribution in [3.05, 3.63) is 88.7 Å². The van der Waals surface area contributed by atoms with Crippen molar-refractivity contribution in [1.82, 2.24) is 4.31 Å². The minimum Gasteiger partial charge on any atom is -0.495 e. The maximum Gasteiger partial charge on any atom is 0.247 e. The van der Waals surface area contributed by atoms with Gasteiger partial charge in [-0.25, -0.2) is 12.8 Å². The quantitative estimate of drug-likeness (QED) is 0.473. The number of amides is 1. The molecule has 0 atom stereocenters. The molecule has 0 aromatic heterocycles. The van der Waals surface area contributed by atoms with Crippen LogP contribution in [0, 0.1) is 12.7 Å². The highest BCUT2D eigenvalue weighted by molar-refractivity contribution is 7.89. The second kappa shape index (κ2) is 10.8. The van der Waals surface area contributed by atoms with Crippen molar-refractivity contribution >= 4 is 33.2 Å². The lowest BCUT2D eigenvalue weighted by Gasteiger charge is -2.23. The van der Waals surface area contributed by atoms with E-state index in [1.807, 2.05) is 30.3 Å². The number of carbonyl (C=O) groups excluding carboxylic acids is 1. The van der Waals surface area contributed by atoms with Gasteiger partial charge in [-0.2, -0.15) is 4.31 Å². The van der Waals surface area contributed by atoms with Crippen molar-refractivity contribution in [2.45, 2.75) is 18.2 Å². The first-order valence-electron chi connectivity index (χ1n) is 10.1. The van der Waals surface area contributed by atoms with E-state index in [4.69, 9.17) is 16.3 Å². The Morgan fingerprint density at radius 2 is 1.82 bits per heavy atom. The Morgan fingerprint density at radius 1 is 1.09 bits per heavy atom. The molecule has 0 bridgehead atoms. The zero-order chi connectivity index (χ0) is 24.0. The number of ether oxygens (including phenoxy) is 1. The van der Waals surface area contributed by atoms with Gasteiger partial charge in [-0.15, -0.1) is 0 Å². The molecule has 3 rings (SSSR count). The molecule has 9 heteroatoms. The molecule has 6 nitrogen and oxygen atoms in total. The molecule has 0 aliphatic carbocycles. The maximum atomic E-state index is 13.6. The van der Waals surface area contributed by atoms with Crippen molar-refractivity contribution in [2.24, 2.45) is 0 Å². The van der Waals surface area contributed by atoms with Gasteiger partial charge in [-0.05, 0) is 54.8 Å². The first-order chi connectivity index (χ1) is 15.7. The summed E-state index contributed by atoms with van der Waals surface area (Å²) in [6.07, 6.45) is 0.407. The topological polar surface area (TPSA) is 75.7 Å². The number of aryl methyl sites for hydroxylation is 1. The number of nitrogens with one attached hydrogen (secondary N) is 1. The van der Waals surface area contributed by atoms with Gasteiger partial charge in [-0.3, -0.25) is 4.79 Å². The molecular formula is C24H24ClFN2O4S. The number of rotatable bonds is 9. The first-order valence-corrected chi connectivity index (χ1v) is 12.0. The predicted molar refractivity (Wildman–Crippen MR) is 127 cm³/mol. The van der Waals surface area contributed by atoms with E-state index in [9.17, 15) is 17.6 Å². The van der Waals surface area contributed by atoms with Crippen molar-refractivity contribution in [3.8, 4) is 5.75 Å². The number of benzene rings is 3. The molecular weight excluding hydrogens is 467 g/mol. The minimum atomic E-state index is -4.08. The van der Waals surface area contributed by atoms with Crippen LogP contribution in [-0.2, 0) is 21.2 Å². The summed E-state index contributed by atoms with van der Waals surface area (Å²) in [6.45, 7) is 1.40. The fourth-order valence-corrected chi connectivity index (χ4v) is 5.06. The van der Waals surface area contributed by atoms with Gasteiger partial charge in [0.2, 0.25) is 15.9 Å². The molecule has 0 radical (unpaired) electrons. The molecule has 0 fully saturated rings. The molecule has 0 saturated carbocycles. The van der Waals surface area contributed by atoms with Crippen LogP contribution in [-0.4, -0.2) is 38.8 Å². The minimum absolute atomic E-state index is 0.0179. The standard InChI is InChI=1S/C24H24ClFN2O4S/c1-17-8-11-22(32-2)23(14-17)33(30,31)28(13-12-18-6-4-3-5-7-18)16-24(29)27-19-9-10-21(26)20(25)15-19/h3-11,14-15H,12-13,16H2,1-2H3,(H,27,29). The Bertz CT molecular complexity index is 1240. The van der Waals surface area contributed by atoms with Crippen LogP contribution < -0.4 is 10.1 Å². The van der Waals surface area contributed by atoms with E-state index in [0.29, 0.717) is 6.42 Å². The molecule has 174 valence electrons. The summed E-state index contributed by atoms with van der Waals surface area (Å²) >= 11 is 5.77. The first kappa shape index (κ1) is 24.7. The molecule has 3 aromatic carbocycles. The second-order valence-electron chi connectivity index (χ2n) is 7.41. The molecule has 0 aliphatic rings. The second-order valence-corrected chi connectivity index (χ2v) is 9.72. The molecule has 0 saturated heterocycles. The number of carbonyl (C=O) groups is 1. The molecule has 0 spiro atoms. The molecule has 3 aromatic rings. The third-order valence-corrected chi connectivity index (χ3v) is 7.11. The highest BCUT2D eigenvalue weighted by Gasteiger charge is 2.29. The highest BCUT2D eigenvalue weighted by atomic mass is 35.5. The van der Waals surface area contributed by atoms with Crippen LogP contribution >= 0.6 is 11.6 Å². The fourth-order valence-electron chi connectivity index (χ4n) is 3.24. The number of hydrogen-bond donors (Lipinski definition) is 1. The van der Waals surface area contributed by atoms with Crippen molar-refractivity contribution in [1.29, 1.82) is 0 Å². The normalized spacial score (nSPS) is 11.4. The monoisotopic (exact) mass is 490 g/mol. The molecule has 1 amide bonds. The Labute approximate surface area is 198 Å². The molecule has 0 aliphatic heterocycles. The van der Waals surface area contributed by atoms with Gasteiger partial charge < -0.3 is 10.1 Å². The Kier molecular flexibility index (Phi) is 8.07. The Morgan fingerprint density at radius 3 is 2.48 bits per heavy atom. The van der Waals surface area contributed by atoms with Crippen LogP contribution in [0.2, 0.25) is 5.02 Å². The number of methoxy groups -OCH3 is 1. The van der Waals surface area contributed by atoms with Crippen LogP contribution in [0.4, 0.5) is 10.1 Å². The van der Waals surface area contributed by atoms with Crippen LogP contribution in [0.1, 0.15) is 11.1 Å². The summed E-state index contributed by atoms with van der Waals surface area (Å²) in [5.74, 6) is -1.01. The molecule has 0 unspecified atom stereocenters. The van der Waals surface area contributed by atoms with E-state index in [1.54, 1.807) is 19.1 Å². The van der Waals surface area contributed by atoms with Gasteiger partial charge in [0.1, 0.15) is 16.5 Å². The van der Waals surface area contributed by atoms with E-state index < -0.39 is 28.3 Å². The predicted octanol–water partition coefficient (Wildman–Crippen LogP) is 4.67. The lowest BCUT2D eigenvalue weighted by molar-refractivity contribution is -0.116. The van der Waals surface area contributed by atoms with Crippen LogP contribution in [0.25, 0.3) is 0 Å². The SMILES string of the molecule is COc1ccc(C)cc1S(=O)(=O)N(CCc1ccccc1)CC(=O)Nc1ccc(F)c(Cl)c1. The Hall–Kier alpha value is -2.94. The maximum absolute atomic E-state index is 13.6. The smallest absolute Gasteiger partial charge is 0.247 e.